The zero-order valence-corrected chi connectivity index (χ0v) is 20.2. The average molecular weight is 466 g/mol. The van der Waals surface area contributed by atoms with Gasteiger partial charge >= 0.3 is 5.97 Å². The van der Waals surface area contributed by atoms with Crippen molar-refractivity contribution in [2.75, 3.05) is 19.7 Å². The molecule has 4 heterocycles. The van der Waals surface area contributed by atoms with E-state index in [1.54, 1.807) is 0 Å². The van der Waals surface area contributed by atoms with Crippen LogP contribution in [0.3, 0.4) is 0 Å². The number of hydrogen-bond donors (Lipinski definition) is 1. The van der Waals surface area contributed by atoms with Gasteiger partial charge in [0.15, 0.2) is 11.6 Å². The van der Waals surface area contributed by atoms with Crippen molar-refractivity contribution in [1.29, 1.82) is 0 Å². The SMILES string of the molecule is Cc1nc2c(cc(CN3CCCCC3)n2C)c(-c2cc(F)c3c(c2C)CCCO3)c1CC(=O)O. The van der Waals surface area contributed by atoms with Gasteiger partial charge in [-0.2, -0.15) is 0 Å². The number of likely N-dealkylation sites (tertiary alicyclic amines) is 1. The first-order chi connectivity index (χ1) is 16.3. The smallest absolute Gasteiger partial charge is 0.307 e. The number of benzene rings is 1. The van der Waals surface area contributed by atoms with E-state index in [2.05, 4.69) is 15.5 Å². The van der Waals surface area contributed by atoms with Crippen molar-refractivity contribution in [2.24, 2.45) is 7.05 Å². The van der Waals surface area contributed by atoms with Crippen LogP contribution >= 0.6 is 0 Å². The monoisotopic (exact) mass is 465 g/mol. The van der Waals surface area contributed by atoms with Gasteiger partial charge in [-0.25, -0.2) is 9.37 Å². The first-order valence-electron chi connectivity index (χ1n) is 12.2. The van der Waals surface area contributed by atoms with Gasteiger partial charge in [0.1, 0.15) is 5.65 Å². The number of halogens is 1. The molecule has 3 aromatic rings. The zero-order valence-electron chi connectivity index (χ0n) is 20.2. The summed E-state index contributed by atoms with van der Waals surface area (Å²) in [5, 5.41) is 10.6. The Labute approximate surface area is 199 Å². The number of carboxylic acids is 1. The number of aryl methyl sites for hydroxylation is 2. The molecule has 2 aliphatic heterocycles. The maximum atomic E-state index is 15.2. The summed E-state index contributed by atoms with van der Waals surface area (Å²) in [6.45, 7) is 7.35. The molecule has 180 valence electrons. The molecule has 34 heavy (non-hydrogen) atoms. The van der Waals surface area contributed by atoms with E-state index in [4.69, 9.17) is 9.72 Å². The summed E-state index contributed by atoms with van der Waals surface area (Å²) >= 11 is 0. The number of aromatic nitrogens is 2. The Morgan fingerprint density at radius 2 is 1.94 bits per heavy atom. The van der Waals surface area contributed by atoms with Crippen molar-refractivity contribution in [3.05, 3.63) is 46.0 Å². The highest BCUT2D eigenvalue weighted by Crippen LogP contribution is 2.42. The number of hydrogen-bond acceptors (Lipinski definition) is 4. The summed E-state index contributed by atoms with van der Waals surface area (Å²) in [7, 11) is 2.02. The molecule has 0 radical (unpaired) electrons. The van der Waals surface area contributed by atoms with E-state index < -0.39 is 5.97 Å². The molecular weight excluding hydrogens is 433 g/mol. The predicted octanol–water partition coefficient (Wildman–Crippen LogP) is 4.93. The highest BCUT2D eigenvalue weighted by Gasteiger charge is 2.26. The third-order valence-electron chi connectivity index (χ3n) is 7.45. The molecule has 0 amide bonds. The first kappa shape index (κ1) is 22.8. The Morgan fingerprint density at radius 3 is 2.68 bits per heavy atom. The summed E-state index contributed by atoms with van der Waals surface area (Å²) in [6.07, 6.45) is 5.14. The fourth-order valence-corrected chi connectivity index (χ4v) is 5.62. The second-order valence-electron chi connectivity index (χ2n) is 9.68. The van der Waals surface area contributed by atoms with E-state index in [-0.39, 0.29) is 12.2 Å². The molecule has 0 atom stereocenters. The van der Waals surface area contributed by atoms with E-state index in [1.165, 1.54) is 25.3 Å². The molecule has 6 nitrogen and oxygen atoms in total. The lowest BCUT2D eigenvalue weighted by Crippen LogP contribution is -2.29. The van der Waals surface area contributed by atoms with Gasteiger partial charge in [0.05, 0.1) is 13.0 Å². The molecule has 0 unspecified atom stereocenters. The molecule has 5 rings (SSSR count). The van der Waals surface area contributed by atoms with E-state index in [9.17, 15) is 9.90 Å². The number of carbonyl (C=O) groups is 1. The summed E-state index contributed by atoms with van der Waals surface area (Å²) < 4.78 is 23.0. The predicted molar refractivity (Wildman–Crippen MR) is 130 cm³/mol. The zero-order chi connectivity index (χ0) is 24.0. The number of piperidine rings is 1. The van der Waals surface area contributed by atoms with Crippen molar-refractivity contribution in [2.45, 2.75) is 58.9 Å². The highest BCUT2D eigenvalue weighted by molar-refractivity contribution is 5.98. The third-order valence-corrected chi connectivity index (χ3v) is 7.45. The Balaban J connectivity index is 1.74. The van der Waals surface area contributed by atoms with Crippen molar-refractivity contribution >= 4 is 17.0 Å². The largest absolute Gasteiger partial charge is 0.490 e. The minimum Gasteiger partial charge on any atom is -0.490 e. The molecule has 2 aromatic heterocycles. The van der Waals surface area contributed by atoms with Gasteiger partial charge < -0.3 is 14.4 Å². The number of nitrogens with zero attached hydrogens (tertiary/aromatic N) is 3. The molecular formula is C27H32FN3O3. The Hall–Kier alpha value is -2.93. The van der Waals surface area contributed by atoms with E-state index in [0.29, 0.717) is 23.6 Å². The molecule has 1 aromatic carbocycles. The number of aliphatic carboxylic acids is 1. The second-order valence-corrected chi connectivity index (χ2v) is 9.68. The Kier molecular flexibility index (Phi) is 6.06. The highest BCUT2D eigenvalue weighted by atomic mass is 19.1. The van der Waals surface area contributed by atoms with Gasteiger partial charge in [-0.3, -0.25) is 9.69 Å². The maximum absolute atomic E-state index is 15.2. The van der Waals surface area contributed by atoms with Crippen LogP contribution in [0.1, 0.15) is 53.8 Å². The topological polar surface area (TPSA) is 67.6 Å². The molecule has 1 saturated heterocycles. The van der Waals surface area contributed by atoms with Gasteiger partial charge in [-0.1, -0.05) is 6.42 Å². The quantitative estimate of drug-likeness (QED) is 0.579. The standard InChI is InChI=1S/C27H32FN3O3/c1-16-19-8-7-11-34-26(19)23(28)13-20(16)25-21(14-24(32)33)17(2)29-27-22(25)12-18(30(27)3)15-31-9-5-4-6-10-31/h12-13H,4-11,14-15H2,1-3H3,(H,32,33). The van der Waals surface area contributed by atoms with Crippen LogP contribution in [0.4, 0.5) is 4.39 Å². The molecule has 0 saturated carbocycles. The van der Waals surface area contributed by atoms with Crippen LogP contribution < -0.4 is 4.74 Å². The van der Waals surface area contributed by atoms with E-state index in [0.717, 1.165) is 71.5 Å². The average Bonchev–Trinajstić information content (AvgIpc) is 3.12. The number of fused-ring (bicyclic) bond motifs is 2. The molecule has 7 heteroatoms. The van der Waals surface area contributed by atoms with E-state index >= 15 is 4.39 Å². The van der Waals surface area contributed by atoms with Gasteiger partial charge in [0, 0.05) is 35.9 Å². The van der Waals surface area contributed by atoms with Gasteiger partial charge in [0.25, 0.3) is 0 Å². The Morgan fingerprint density at radius 1 is 1.18 bits per heavy atom. The third kappa shape index (κ3) is 3.96. The van der Waals surface area contributed by atoms with E-state index in [1.807, 2.05) is 20.9 Å². The number of rotatable bonds is 5. The summed E-state index contributed by atoms with van der Waals surface area (Å²) in [5.74, 6) is -0.966. The molecule has 1 N–H and O–H groups in total. The van der Waals surface area contributed by atoms with Crippen molar-refractivity contribution in [3.63, 3.8) is 0 Å². The van der Waals surface area contributed by atoms with Gasteiger partial charge in [0.2, 0.25) is 0 Å². The number of pyridine rings is 1. The minimum absolute atomic E-state index is 0.158. The lowest BCUT2D eigenvalue weighted by molar-refractivity contribution is -0.136. The van der Waals surface area contributed by atoms with Gasteiger partial charge in [-0.15, -0.1) is 0 Å². The summed E-state index contributed by atoms with van der Waals surface area (Å²) in [6, 6.07) is 3.65. The first-order valence-corrected chi connectivity index (χ1v) is 12.2. The number of carboxylic acid groups (broad SMARTS) is 1. The molecule has 0 bridgehead atoms. The molecule has 0 aliphatic carbocycles. The van der Waals surface area contributed by atoms with Crippen molar-refractivity contribution < 1.29 is 19.0 Å². The lowest BCUT2D eigenvalue weighted by Gasteiger charge is -2.26. The van der Waals surface area contributed by atoms with Crippen LogP contribution in [-0.4, -0.2) is 45.2 Å². The Bertz CT molecular complexity index is 1270. The second kappa shape index (κ2) is 9.02. The summed E-state index contributed by atoms with van der Waals surface area (Å²) in [5.41, 5.74) is 6.63. The summed E-state index contributed by atoms with van der Waals surface area (Å²) in [4.78, 5) is 19.1. The fraction of sp³-hybridized carbons (Fsp3) is 0.481. The molecule has 1 fully saturated rings. The van der Waals surface area contributed by atoms with Gasteiger partial charge in [-0.05, 0) is 87.0 Å². The van der Waals surface area contributed by atoms with Crippen LogP contribution in [0, 0.1) is 19.7 Å². The van der Waals surface area contributed by atoms with Crippen LogP contribution in [0.15, 0.2) is 12.1 Å². The molecule has 2 aliphatic rings. The minimum atomic E-state index is -0.922. The fourth-order valence-electron chi connectivity index (χ4n) is 5.62. The lowest BCUT2D eigenvalue weighted by atomic mass is 9.87. The normalized spacial score (nSPS) is 16.5. The van der Waals surface area contributed by atoms with Crippen molar-refractivity contribution in [1.82, 2.24) is 14.5 Å². The van der Waals surface area contributed by atoms with Crippen LogP contribution in [0.2, 0.25) is 0 Å². The van der Waals surface area contributed by atoms with Crippen LogP contribution in [-0.2, 0) is 31.2 Å². The van der Waals surface area contributed by atoms with Crippen molar-refractivity contribution in [3.8, 4) is 16.9 Å². The maximum Gasteiger partial charge on any atom is 0.307 e. The van der Waals surface area contributed by atoms with Crippen LogP contribution in [0.25, 0.3) is 22.2 Å². The number of ether oxygens (including phenoxy) is 1. The van der Waals surface area contributed by atoms with Crippen LogP contribution in [0.5, 0.6) is 5.75 Å². The molecule has 0 spiro atoms.